The van der Waals surface area contributed by atoms with Gasteiger partial charge in [-0.1, -0.05) is 32.0 Å². The maximum Gasteiger partial charge on any atom is 0.325 e. The summed E-state index contributed by atoms with van der Waals surface area (Å²) in [5, 5.41) is 5.68. The van der Waals surface area contributed by atoms with Crippen molar-refractivity contribution in [1.29, 1.82) is 0 Å². The molecule has 9 heteroatoms. The van der Waals surface area contributed by atoms with Gasteiger partial charge in [-0.25, -0.2) is 4.79 Å². The third kappa shape index (κ3) is 4.37. The molecule has 2 aromatic rings. The van der Waals surface area contributed by atoms with Gasteiger partial charge in [0.2, 0.25) is 5.91 Å². The van der Waals surface area contributed by atoms with Crippen molar-refractivity contribution in [3.05, 3.63) is 53.6 Å². The van der Waals surface area contributed by atoms with Crippen molar-refractivity contribution in [1.82, 2.24) is 15.5 Å². The molecular formula is C25H29N3O6. The van der Waals surface area contributed by atoms with Crippen LogP contribution in [0.5, 0.6) is 17.2 Å². The van der Waals surface area contributed by atoms with Gasteiger partial charge in [0.15, 0.2) is 11.5 Å². The van der Waals surface area contributed by atoms with Crippen LogP contribution in [0, 0.1) is 5.92 Å². The first kappa shape index (κ1) is 23.4. The number of ether oxygens (including phenoxy) is 3. The van der Waals surface area contributed by atoms with Gasteiger partial charge in [-0.05, 0) is 48.2 Å². The Morgan fingerprint density at radius 1 is 1.12 bits per heavy atom. The summed E-state index contributed by atoms with van der Waals surface area (Å²) in [5.41, 5.74) is 0.138. The van der Waals surface area contributed by atoms with Gasteiger partial charge in [-0.3, -0.25) is 14.5 Å². The van der Waals surface area contributed by atoms with Gasteiger partial charge in [0.25, 0.3) is 5.91 Å². The fraction of sp³-hybridized carbons (Fsp3) is 0.400. The number of nitrogens with one attached hydrogen (secondary N) is 2. The van der Waals surface area contributed by atoms with E-state index in [9.17, 15) is 14.4 Å². The van der Waals surface area contributed by atoms with Crippen LogP contribution in [0.1, 0.15) is 37.9 Å². The zero-order chi connectivity index (χ0) is 24.5. The fourth-order valence-corrected chi connectivity index (χ4v) is 4.20. The van der Waals surface area contributed by atoms with Crippen LogP contribution in [-0.4, -0.2) is 49.6 Å². The number of nitrogens with zero attached hydrogens (tertiary/aromatic N) is 1. The number of amides is 4. The van der Waals surface area contributed by atoms with Crippen molar-refractivity contribution in [3.63, 3.8) is 0 Å². The molecule has 0 aliphatic carbocycles. The lowest BCUT2D eigenvalue weighted by Crippen LogP contribution is -2.44. The first-order valence-electron chi connectivity index (χ1n) is 11.2. The summed E-state index contributed by atoms with van der Waals surface area (Å²) in [4.78, 5) is 39.8. The summed E-state index contributed by atoms with van der Waals surface area (Å²) in [7, 11) is 1.59. The molecule has 2 aromatic carbocycles. The third-order valence-electron chi connectivity index (χ3n) is 6.15. The topological polar surface area (TPSA) is 106 Å². The molecule has 0 aromatic heterocycles. The maximum atomic E-state index is 13.3. The van der Waals surface area contributed by atoms with Crippen molar-refractivity contribution in [3.8, 4) is 17.2 Å². The highest BCUT2D eigenvalue weighted by atomic mass is 16.6. The van der Waals surface area contributed by atoms with Gasteiger partial charge in [0.05, 0.1) is 13.2 Å². The highest BCUT2D eigenvalue weighted by Crippen LogP contribution is 2.37. The van der Waals surface area contributed by atoms with Crippen LogP contribution in [0.3, 0.4) is 0 Å². The number of methoxy groups -OCH3 is 1. The van der Waals surface area contributed by atoms with Crippen LogP contribution in [0.2, 0.25) is 0 Å². The van der Waals surface area contributed by atoms with Gasteiger partial charge in [-0.15, -0.1) is 0 Å². The van der Waals surface area contributed by atoms with Crippen molar-refractivity contribution < 1.29 is 28.6 Å². The van der Waals surface area contributed by atoms with Crippen molar-refractivity contribution in [2.45, 2.75) is 32.4 Å². The number of hydrogen-bond acceptors (Lipinski definition) is 6. The second kappa shape index (κ2) is 9.24. The summed E-state index contributed by atoms with van der Waals surface area (Å²) in [6, 6.07) is 11.6. The Hall–Kier alpha value is -3.75. The molecule has 9 nitrogen and oxygen atoms in total. The van der Waals surface area contributed by atoms with Crippen LogP contribution >= 0.6 is 0 Å². The SMILES string of the molecule is COc1ccc(C(NC(=O)CN2C(=O)NC(C)(c3ccc4c(c3)OCCO4)C2=O)C(C)C)cc1. The zero-order valence-corrected chi connectivity index (χ0v) is 19.7. The molecule has 2 aliphatic heterocycles. The molecule has 2 heterocycles. The number of hydrogen-bond donors (Lipinski definition) is 2. The second-order valence-corrected chi connectivity index (χ2v) is 8.87. The van der Waals surface area contributed by atoms with Gasteiger partial charge < -0.3 is 24.8 Å². The van der Waals surface area contributed by atoms with Crippen LogP contribution in [0.25, 0.3) is 0 Å². The minimum Gasteiger partial charge on any atom is -0.497 e. The lowest BCUT2D eigenvalue weighted by atomic mass is 9.91. The number of imide groups is 1. The van der Waals surface area contributed by atoms with E-state index in [1.165, 1.54) is 0 Å². The molecule has 0 saturated carbocycles. The third-order valence-corrected chi connectivity index (χ3v) is 6.15. The van der Waals surface area contributed by atoms with Crippen LogP contribution in [-0.2, 0) is 15.1 Å². The molecule has 180 valence electrons. The average molecular weight is 468 g/mol. The molecule has 1 fully saturated rings. The molecule has 2 aliphatic rings. The van der Waals surface area contributed by atoms with E-state index in [0.717, 1.165) is 16.2 Å². The first-order chi connectivity index (χ1) is 16.2. The predicted molar refractivity (Wildman–Crippen MR) is 124 cm³/mol. The van der Waals surface area contributed by atoms with E-state index >= 15 is 0 Å². The smallest absolute Gasteiger partial charge is 0.325 e. The van der Waals surface area contributed by atoms with E-state index in [-0.39, 0.29) is 18.5 Å². The molecule has 4 amide bonds. The Morgan fingerprint density at radius 3 is 2.44 bits per heavy atom. The second-order valence-electron chi connectivity index (χ2n) is 8.87. The fourth-order valence-electron chi connectivity index (χ4n) is 4.20. The monoisotopic (exact) mass is 467 g/mol. The molecule has 2 N–H and O–H groups in total. The molecule has 4 rings (SSSR count). The average Bonchev–Trinajstić information content (AvgIpc) is 3.06. The quantitative estimate of drug-likeness (QED) is 0.607. The molecule has 0 radical (unpaired) electrons. The van der Waals surface area contributed by atoms with E-state index in [1.807, 2.05) is 38.1 Å². The number of carbonyl (C=O) groups is 3. The van der Waals surface area contributed by atoms with E-state index in [0.29, 0.717) is 30.3 Å². The van der Waals surface area contributed by atoms with Crippen molar-refractivity contribution in [2.24, 2.45) is 5.92 Å². The number of benzene rings is 2. The number of urea groups is 1. The lowest BCUT2D eigenvalue weighted by Gasteiger charge is -2.26. The zero-order valence-electron chi connectivity index (χ0n) is 19.7. The number of fused-ring (bicyclic) bond motifs is 1. The standard InChI is InChI=1S/C25H29N3O6/c1-15(2)22(16-5-8-18(32-4)9-6-16)26-21(29)14-28-23(30)25(3,27-24(28)31)17-7-10-19-20(13-17)34-12-11-33-19/h5-10,13,15,22H,11-12,14H2,1-4H3,(H,26,29)(H,27,31). The molecule has 34 heavy (non-hydrogen) atoms. The molecule has 0 bridgehead atoms. The Kier molecular flexibility index (Phi) is 6.37. The first-order valence-corrected chi connectivity index (χ1v) is 11.2. The highest BCUT2D eigenvalue weighted by molar-refractivity contribution is 6.09. The Labute approximate surface area is 198 Å². The van der Waals surface area contributed by atoms with Gasteiger partial charge in [0, 0.05) is 0 Å². The van der Waals surface area contributed by atoms with Gasteiger partial charge in [0.1, 0.15) is 31.0 Å². The molecule has 0 spiro atoms. The predicted octanol–water partition coefficient (Wildman–Crippen LogP) is 2.75. The van der Waals surface area contributed by atoms with Crippen LogP contribution in [0.15, 0.2) is 42.5 Å². The lowest BCUT2D eigenvalue weighted by molar-refractivity contribution is -0.135. The van der Waals surface area contributed by atoms with Gasteiger partial charge >= 0.3 is 6.03 Å². The summed E-state index contributed by atoms with van der Waals surface area (Å²) in [5.74, 6) is 0.977. The summed E-state index contributed by atoms with van der Waals surface area (Å²) >= 11 is 0. The van der Waals surface area contributed by atoms with E-state index in [2.05, 4.69) is 10.6 Å². The molecular weight excluding hydrogens is 438 g/mol. The Bertz CT molecular complexity index is 1100. The number of carbonyl (C=O) groups excluding carboxylic acids is 3. The highest BCUT2D eigenvalue weighted by Gasteiger charge is 2.50. The van der Waals surface area contributed by atoms with Crippen molar-refractivity contribution in [2.75, 3.05) is 26.9 Å². The minimum atomic E-state index is -1.32. The van der Waals surface area contributed by atoms with E-state index in [1.54, 1.807) is 32.2 Å². The van der Waals surface area contributed by atoms with E-state index < -0.39 is 23.4 Å². The summed E-state index contributed by atoms with van der Waals surface area (Å²) in [6.07, 6.45) is 0. The summed E-state index contributed by atoms with van der Waals surface area (Å²) < 4.78 is 16.3. The molecule has 2 atom stereocenters. The van der Waals surface area contributed by atoms with Crippen LogP contribution < -0.4 is 24.8 Å². The minimum absolute atomic E-state index is 0.0865. The number of rotatable bonds is 7. The largest absolute Gasteiger partial charge is 0.497 e. The normalized spacial score (nSPS) is 20.2. The van der Waals surface area contributed by atoms with Crippen LogP contribution in [0.4, 0.5) is 4.79 Å². The van der Waals surface area contributed by atoms with E-state index in [4.69, 9.17) is 14.2 Å². The van der Waals surface area contributed by atoms with Crippen molar-refractivity contribution >= 4 is 17.8 Å². The molecule has 1 saturated heterocycles. The Balaban J connectivity index is 1.48. The maximum absolute atomic E-state index is 13.3. The summed E-state index contributed by atoms with van der Waals surface area (Å²) in [6.45, 7) is 6.07. The Morgan fingerprint density at radius 2 is 1.79 bits per heavy atom. The van der Waals surface area contributed by atoms with Gasteiger partial charge in [-0.2, -0.15) is 0 Å². The molecule has 2 unspecified atom stereocenters.